The number of rotatable bonds is 45. The number of hydrogen-bond donors (Lipinski definition) is 0. The van der Waals surface area contributed by atoms with Crippen LogP contribution in [-0.2, 0) is 57.7 Å². The Hall–Kier alpha value is -2.78. The van der Waals surface area contributed by atoms with E-state index in [1.54, 1.807) is 0 Å². The van der Waals surface area contributed by atoms with Gasteiger partial charge in [0.25, 0.3) is 0 Å². The molecule has 11 nitrogen and oxygen atoms in total. The molecule has 0 amide bonds. The van der Waals surface area contributed by atoms with Gasteiger partial charge in [0.05, 0.1) is 132 Å². The van der Waals surface area contributed by atoms with Crippen molar-refractivity contribution in [2.24, 2.45) is 0 Å². The molecular formula is C51H80O11. The van der Waals surface area contributed by atoms with E-state index in [9.17, 15) is 0 Å². The summed E-state index contributed by atoms with van der Waals surface area (Å²) >= 11 is 0. The van der Waals surface area contributed by atoms with E-state index in [0.717, 1.165) is 29.7 Å². The molecule has 0 atom stereocenters. The molecule has 0 saturated carbocycles. The molecule has 11 heteroatoms. The van der Waals surface area contributed by atoms with Crippen LogP contribution in [0.2, 0.25) is 0 Å². The molecule has 0 aliphatic heterocycles. The number of benzene rings is 3. The second-order valence-corrected chi connectivity index (χ2v) is 14.9. The molecular weight excluding hydrogens is 789 g/mol. The van der Waals surface area contributed by atoms with Crippen LogP contribution in [0.3, 0.4) is 0 Å². The molecule has 3 aromatic rings. The van der Waals surface area contributed by atoms with Crippen LogP contribution in [0.5, 0.6) is 0 Å². The first-order valence-corrected chi connectivity index (χ1v) is 23.5. The molecule has 3 rings (SSSR count). The summed E-state index contributed by atoms with van der Waals surface area (Å²) in [4.78, 5) is 0. The Morgan fingerprint density at radius 1 is 0.258 bits per heavy atom. The molecule has 0 saturated heterocycles. The van der Waals surface area contributed by atoms with E-state index in [1.165, 1.54) is 57.8 Å². The first kappa shape index (κ1) is 53.6. The maximum Gasteiger partial charge on any atom is 0.143 e. The SMILES string of the molecule is CCCCCCCCCCCCOCCOCCOCCOCCOCCOCCOCCOCCOCCOCCOC(c1ccccc1)(c1ccccc1)c1ccccc1. The van der Waals surface area contributed by atoms with Gasteiger partial charge in [0.1, 0.15) is 5.60 Å². The molecule has 0 bridgehead atoms. The maximum atomic E-state index is 6.74. The second-order valence-electron chi connectivity index (χ2n) is 14.9. The summed E-state index contributed by atoms with van der Waals surface area (Å²) in [7, 11) is 0. The zero-order chi connectivity index (χ0) is 43.5. The Kier molecular flexibility index (Phi) is 34.4. The summed E-state index contributed by atoms with van der Waals surface area (Å²) in [6.45, 7) is 13.4. The lowest BCUT2D eigenvalue weighted by Gasteiger charge is -2.36. The van der Waals surface area contributed by atoms with Crippen LogP contribution in [0.4, 0.5) is 0 Å². The van der Waals surface area contributed by atoms with Crippen LogP contribution in [0.15, 0.2) is 91.0 Å². The minimum Gasteiger partial charge on any atom is -0.379 e. The van der Waals surface area contributed by atoms with E-state index >= 15 is 0 Å². The van der Waals surface area contributed by atoms with Gasteiger partial charge in [0.15, 0.2) is 0 Å². The van der Waals surface area contributed by atoms with Crippen LogP contribution in [-0.4, -0.2) is 139 Å². The molecule has 3 aromatic carbocycles. The molecule has 0 heterocycles. The van der Waals surface area contributed by atoms with E-state index in [-0.39, 0.29) is 0 Å². The topological polar surface area (TPSA) is 102 Å². The summed E-state index contributed by atoms with van der Waals surface area (Å²) in [6.07, 6.45) is 13.4. The van der Waals surface area contributed by atoms with Gasteiger partial charge in [0, 0.05) is 6.61 Å². The lowest BCUT2D eigenvalue weighted by Crippen LogP contribution is -2.34. The smallest absolute Gasteiger partial charge is 0.143 e. The third-order valence-corrected chi connectivity index (χ3v) is 10.1. The van der Waals surface area contributed by atoms with Gasteiger partial charge >= 0.3 is 0 Å². The fourth-order valence-corrected chi connectivity index (χ4v) is 6.80. The molecule has 0 aliphatic rings. The fourth-order valence-electron chi connectivity index (χ4n) is 6.80. The number of hydrogen-bond acceptors (Lipinski definition) is 11. The Labute approximate surface area is 374 Å². The number of ether oxygens (including phenoxy) is 11. The molecule has 0 spiro atoms. The molecule has 0 radical (unpaired) electrons. The highest BCUT2D eigenvalue weighted by Crippen LogP contribution is 2.40. The van der Waals surface area contributed by atoms with E-state index in [1.807, 2.05) is 54.6 Å². The molecule has 0 N–H and O–H groups in total. The highest BCUT2D eigenvalue weighted by atomic mass is 16.6. The normalized spacial score (nSPS) is 11.8. The van der Waals surface area contributed by atoms with Crippen molar-refractivity contribution in [2.75, 3.05) is 139 Å². The van der Waals surface area contributed by atoms with Crippen LogP contribution >= 0.6 is 0 Å². The summed E-state index contributed by atoms with van der Waals surface area (Å²) in [5.41, 5.74) is 2.46. The fraction of sp³-hybridized carbons (Fsp3) is 0.647. The van der Waals surface area contributed by atoms with Crippen molar-refractivity contribution in [3.63, 3.8) is 0 Å². The lowest BCUT2D eigenvalue weighted by molar-refractivity contribution is -0.0399. The zero-order valence-corrected chi connectivity index (χ0v) is 38.1. The summed E-state index contributed by atoms with van der Waals surface area (Å²) in [6, 6.07) is 31.0. The Morgan fingerprint density at radius 3 is 0.758 bits per heavy atom. The minimum absolute atomic E-state index is 0.418. The first-order chi connectivity index (χ1) is 30.9. The van der Waals surface area contributed by atoms with Crippen LogP contribution < -0.4 is 0 Å². The minimum atomic E-state index is -0.751. The molecule has 62 heavy (non-hydrogen) atoms. The predicted molar refractivity (Wildman–Crippen MR) is 245 cm³/mol. The average molecular weight is 869 g/mol. The highest BCUT2D eigenvalue weighted by Gasteiger charge is 2.37. The van der Waals surface area contributed by atoms with Crippen molar-refractivity contribution < 1.29 is 52.1 Å². The van der Waals surface area contributed by atoms with Gasteiger partial charge in [0.2, 0.25) is 0 Å². The van der Waals surface area contributed by atoms with Gasteiger partial charge < -0.3 is 52.1 Å². The van der Waals surface area contributed by atoms with E-state index in [0.29, 0.717) is 132 Å². The van der Waals surface area contributed by atoms with Crippen molar-refractivity contribution in [1.82, 2.24) is 0 Å². The van der Waals surface area contributed by atoms with Gasteiger partial charge in [-0.1, -0.05) is 156 Å². The van der Waals surface area contributed by atoms with Gasteiger partial charge in [-0.15, -0.1) is 0 Å². The third kappa shape index (κ3) is 26.1. The van der Waals surface area contributed by atoms with Crippen LogP contribution in [0.25, 0.3) is 0 Å². The maximum absolute atomic E-state index is 6.74. The third-order valence-electron chi connectivity index (χ3n) is 10.1. The standard InChI is InChI=1S/C51H80O11/c1-2-3-4-5-6-7-8-9-10-20-27-52-28-29-53-30-31-54-32-33-55-34-35-56-36-37-57-38-39-58-40-41-59-42-43-60-44-45-61-46-47-62-51(48-21-14-11-15-22-48,49-23-16-12-17-24-49)50-25-18-13-19-26-50/h11-19,21-26H,2-10,20,27-47H2,1H3. The van der Waals surface area contributed by atoms with Crippen molar-refractivity contribution in [1.29, 1.82) is 0 Å². The van der Waals surface area contributed by atoms with Crippen molar-refractivity contribution in [2.45, 2.75) is 76.7 Å². The van der Waals surface area contributed by atoms with Gasteiger partial charge in [-0.25, -0.2) is 0 Å². The molecule has 0 aromatic heterocycles. The molecule has 0 aliphatic carbocycles. The van der Waals surface area contributed by atoms with E-state index < -0.39 is 5.60 Å². The van der Waals surface area contributed by atoms with E-state index in [2.05, 4.69) is 43.3 Å². The van der Waals surface area contributed by atoms with Gasteiger partial charge in [-0.3, -0.25) is 0 Å². The largest absolute Gasteiger partial charge is 0.379 e. The van der Waals surface area contributed by atoms with E-state index in [4.69, 9.17) is 52.1 Å². The number of unbranched alkanes of at least 4 members (excludes halogenated alkanes) is 9. The molecule has 0 fully saturated rings. The van der Waals surface area contributed by atoms with Crippen LogP contribution in [0.1, 0.15) is 87.8 Å². The zero-order valence-electron chi connectivity index (χ0n) is 38.1. The highest BCUT2D eigenvalue weighted by molar-refractivity contribution is 5.47. The predicted octanol–water partition coefficient (Wildman–Crippen LogP) is 9.08. The summed E-state index contributed by atoms with van der Waals surface area (Å²) < 4.78 is 62.9. The van der Waals surface area contributed by atoms with Crippen molar-refractivity contribution in [3.8, 4) is 0 Å². The first-order valence-electron chi connectivity index (χ1n) is 23.5. The molecule has 350 valence electrons. The monoisotopic (exact) mass is 869 g/mol. The van der Waals surface area contributed by atoms with Gasteiger partial charge in [-0.05, 0) is 23.1 Å². The molecule has 0 unspecified atom stereocenters. The Balaban J connectivity index is 0.995. The summed E-state index contributed by atoms with van der Waals surface area (Å²) in [5.74, 6) is 0. The Morgan fingerprint density at radius 2 is 0.484 bits per heavy atom. The Bertz CT molecular complexity index is 1260. The quantitative estimate of drug-likeness (QED) is 0.0402. The van der Waals surface area contributed by atoms with Crippen molar-refractivity contribution in [3.05, 3.63) is 108 Å². The lowest BCUT2D eigenvalue weighted by atomic mass is 9.80. The van der Waals surface area contributed by atoms with Crippen LogP contribution in [0, 0.1) is 0 Å². The van der Waals surface area contributed by atoms with Crippen molar-refractivity contribution >= 4 is 0 Å². The average Bonchev–Trinajstić information content (AvgIpc) is 3.31. The summed E-state index contributed by atoms with van der Waals surface area (Å²) in [5, 5.41) is 0. The second kappa shape index (κ2) is 39.8. The van der Waals surface area contributed by atoms with Gasteiger partial charge in [-0.2, -0.15) is 0 Å².